The normalized spacial score (nSPS) is 15.8. The molecule has 0 spiro atoms. The van der Waals surface area contributed by atoms with Crippen LogP contribution >= 0.6 is 0 Å². The van der Waals surface area contributed by atoms with E-state index >= 15 is 0 Å². The molecular weight excluding hydrogens is 152 g/mol. The minimum Gasteiger partial charge on any atom is -0.368 e. The molecule has 0 aromatic rings. The lowest BCUT2D eigenvalue weighted by molar-refractivity contribution is -0.205. The Morgan fingerprint density at radius 3 is 1.75 bits per heavy atom. The standard InChI is InChI=1S/C10H22O2/c1-7(2)9(11)12-10(5,6)8(3)4/h7-9,11H,1-6H3. The Morgan fingerprint density at radius 2 is 1.50 bits per heavy atom. The van der Waals surface area contributed by atoms with Crippen LogP contribution < -0.4 is 0 Å². The van der Waals surface area contributed by atoms with Gasteiger partial charge in [0.15, 0.2) is 6.29 Å². The highest BCUT2D eigenvalue weighted by Crippen LogP contribution is 2.23. The summed E-state index contributed by atoms with van der Waals surface area (Å²) in [5, 5.41) is 9.49. The monoisotopic (exact) mass is 174 g/mol. The fraction of sp³-hybridized carbons (Fsp3) is 1.00. The molecule has 1 unspecified atom stereocenters. The van der Waals surface area contributed by atoms with Gasteiger partial charge in [-0.2, -0.15) is 0 Å². The molecule has 0 radical (unpaired) electrons. The summed E-state index contributed by atoms with van der Waals surface area (Å²) in [5.74, 6) is 0.564. The van der Waals surface area contributed by atoms with Gasteiger partial charge in [-0.3, -0.25) is 0 Å². The van der Waals surface area contributed by atoms with E-state index in [9.17, 15) is 5.11 Å². The van der Waals surface area contributed by atoms with Gasteiger partial charge in [-0.15, -0.1) is 0 Å². The Bertz CT molecular complexity index is 128. The number of hydrogen-bond acceptors (Lipinski definition) is 2. The average molecular weight is 174 g/mol. The van der Waals surface area contributed by atoms with Crippen LogP contribution in [-0.2, 0) is 4.74 Å². The minimum atomic E-state index is -0.651. The van der Waals surface area contributed by atoms with Gasteiger partial charge in [0.2, 0.25) is 0 Å². The Balaban J connectivity index is 4.05. The zero-order valence-electron chi connectivity index (χ0n) is 9.09. The van der Waals surface area contributed by atoms with Crippen LogP contribution in [0.1, 0.15) is 41.5 Å². The minimum absolute atomic E-state index is 0.156. The number of aliphatic hydroxyl groups is 1. The Kier molecular flexibility index (Phi) is 4.21. The summed E-state index contributed by atoms with van der Waals surface area (Å²) in [7, 11) is 0. The molecule has 1 atom stereocenters. The fourth-order valence-corrected chi connectivity index (χ4v) is 0.583. The maximum atomic E-state index is 9.49. The zero-order chi connectivity index (χ0) is 9.94. The van der Waals surface area contributed by atoms with Crippen LogP contribution in [0.5, 0.6) is 0 Å². The van der Waals surface area contributed by atoms with Crippen molar-refractivity contribution in [1.29, 1.82) is 0 Å². The van der Waals surface area contributed by atoms with E-state index in [1.165, 1.54) is 0 Å². The predicted octanol–water partition coefficient (Wildman–Crippen LogP) is 2.41. The second-order valence-corrected chi connectivity index (χ2v) is 4.51. The largest absolute Gasteiger partial charge is 0.368 e. The van der Waals surface area contributed by atoms with Crippen molar-refractivity contribution in [2.45, 2.75) is 53.4 Å². The highest BCUT2D eigenvalue weighted by Gasteiger charge is 2.27. The first-order chi connectivity index (χ1) is 5.27. The molecule has 0 saturated heterocycles. The molecule has 1 N–H and O–H groups in total. The highest BCUT2D eigenvalue weighted by molar-refractivity contribution is 4.73. The van der Waals surface area contributed by atoms with E-state index in [4.69, 9.17) is 4.74 Å². The summed E-state index contributed by atoms with van der Waals surface area (Å²) >= 11 is 0. The quantitative estimate of drug-likeness (QED) is 0.663. The first-order valence-corrected chi connectivity index (χ1v) is 4.63. The van der Waals surface area contributed by atoms with Gasteiger partial charge in [0.1, 0.15) is 0 Å². The molecule has 0 aromatic heterocycles. The Labute approximate surface area is 75.9 Å². The third kappa shape index (κ3) is 3.55. The lowest BCUT2D eigenvalue weighted by atomic mass is 9.94. The molecule has 0 amide bonds. The van der Waals surface area contributed by atoms with Crippen molar-refractivity contribution in [3.05, 3.63) is 0 Å². The summed E-state index contributed by atoms with van der Waals surface area (Å²) in [6, 6.07) is 0. The Hall–Kier alpha value is -0.0800. The van der Waals surface area contributed by atoms with Gasteiger partial charge in [-0.1, -0.05) is 27.7 Å². The molecule has 0 rings (SSSR count). The van der Waals surface area contributed by atoms with Crippen LogP contribution in [0.2, 0.25) is 0 Å². The molecular formula is C10H22O2. The molecule has 0 aliphatic heterocycles. The second kappa shape index (κ2) is 4.24. The van der Waals surface area contributed by atoms with E-state index in [0.29, 0.717) is 5.92 Å². The van der Waals surface area contributed by atoms with E-state index in [-0.39, 0.29) is 11.5 Å². The first-order valence-electron chi connectivity index (χ1n) is 4.63. The third-order valence-corrected chi connectivity index (χ3v) is 2.39. The number of hydrogen-bond donors (Lipinski definition) is 1. The van der Waals surface area contributed by atoms with Crippen LogP contribution in [0.3, 0.4) is 0 Å². The highest BCUT2D eigenvalue weighted by atomic mass is 16.6. The number of aliphatic hydroxyl groups excluding tert-OH is 1. The first kappa shape index (κ1) is 11.9. The lowest BCUT2D eigenvalue weighted by Crippen LogP contribution is -2.37. The molecule has 0 heterocycles. The van der Waals surface area contributed by atoms with Crippen LogP contribution in [0.15, 0.2) is 0 Å². The van der Waals surface area contributed by atoms with Gasteiger partial charge in [0, 0.05) is 5.92 Å². The molecule has 2 nitrogen and oxygen atoms in total. The van der Waals surface area contributed by atoms with Crippen molar-refractivity contribution in [2.75, 3.05) is 0 Å². The molecule has 0 bridgehead atoms. The van der Waals surface area contributed by atoms with E-state index < -0.39 is 6.29 Å². The zero-order valence-corrected chi connectivity index (χ0v) is 9.09. The van der Waals surface area contributed by atoms with Crippen molar-refractivity contribution in [3.63, 3.8) is 0 Å². The van der Waals surface area contributed by atoms with E-state index in [1.807, 2.05) is 27.7 Å². The van der Waals surface area contributed by atoms with Crippen molar-refractivity contribution >= 4 is 0 Å². The summed E-state index contributed by atoms with van der Waals surface area (Å²) in [5.41, 5.74) is -0.246. The molecule has 0 saturated carbocycles. The lowest BCUT2D eigenvalue weighted by Gasteiger charge is -2.33. The summed E-state index contributed by atoms with van der Waals surface area (Å²) in [6.07, 6.45) is -0.651. The van der Waals surface area contributed by atoms with Crippen molar-refractivity contribution in [1.82, 2.24) is 0 Å². The van der Waals surface area contributed by atoms with Crippen LogP contribution in [0.4, 0.5) is 0 Å². The molecule has 0 aliphatic carbocycles. The van der Waals surface area contributed by atoms with Gasteiger partial charge in [0.25, 0.3) is 0 Å². The molecule has 12 heavy (non-hydrogen) atoms. The molecule has 0 aromatic carbocycles. The Morgan fingerprint density at radius 1 is 1.08 bits per heavy atom. The maximum absolute atomic E-state index is 9.49. The van der Waals surface area contributed by atoms with E-state index in [1.54, 1.807) is 0 Å². The summed E-state index contributed by atoms with van der Waals surface area (Å²) in [4.78, 5) is 0. The average Bonchev–Trinajstić information content (AvgIpc) is 1.85. The van der Waals surface area contributed by atoms with Gasteiger partial charge in [0.05, 0.1) is 5.60 Å². The summed E-state index contributed by atoms with van der Waals surface area (Å²) in [6.45, 7) is 12.1. The molecule has 0 fully saturated rings. The van der Waals surface area contributed by atoms with Crippen LogP contribution in [0.25, 0.3) is 0 Å². The number of rotatable bonds is 4. The maximum Gasteiger partial charge on any atom is 0.157 e. The summed E-state index contributed by atoms with van der Waals surface area (Å²) < 4.78 is 5.52. The van der Waals surface area contributed by atoms with E-state index in [2.05, 4.69) is 13.8 Å². The molecule has 0 aliphatic rings. The van der Waals surface area contributed by atoms with Crippen molar-refractivity contribution in [2.24, 2.45) is 11.8 Å². The van der Waals surface area contributed by atoms with Crippen LogP contribution in [-0.4, -0.2) is 17.0 Å². The fourth-order valence-electron chi connectivity index (χ4n) is 0.583. The predicted molar refractivity (Wildman–Crippen MR) is 50.8 cm³/mol. The van der Waals surface area contributed by atoms with Gasteiger partial charge in [-0.05, 0) is 19.8 Å². The van der Waals surface area contributed by atoms with Gasteiger partial charge in [-0.25, -0.2) is 0 Å². The van der Waals surface area contributed by atoms with E-state index in [0.717, 1.165) is 0 Å². The van der Waals surface area contributed by atoms with Crippen molar-refractivity contribution in [3.8, 4) is 0 Å². The van der Waals surface area contributed by atoms with Crippen LogP contribution in [0, 0.1) is 11.8 Å². The van der Waals surface area contributed by atoms with Gasteiger partial charge < -0.3 is 9.84 Å². The molecule has 74 valence electrons. The second-order valence-electron chi connectivity index (χ2n) is 4.51. The third-order valence-electron chi connectivity index (χ3n) is 2.39. The van der Waals surface area contributed by atoms with Gasteiger partial charge >= 0.3 is 0 Å². The molecule has 2 heteroatoms. The SMILES string of the molecule is CC(C)C(O)OC(C)(C)C(C)C. The van der Waals surface area contributed by atoms with Crippen molar-refractivity contribution < 1.29 is 9.84 Å². The topological polar surface area (TPSA) is 29.5 Å². The number of ether oxygens (including phenoxy) is 1. The smallest absolute Gasteiger partial charge is 0.157 e.